The van der Waals surface area contributed by atoms with E-state index in [9.17, 15) is 26.4 Å². The van der Waals surface area contributed by atoms with E-state index in [1.807, 2.05) is 6.92 Å². The van der Waals surface area contributed by atoms with Gasteiger partial charge in [-0.25, -0.2) is 27.2 Å². The van der Waals surface area contributed by atoms with Crippen LogP contribution in [0.25, 0.3) is 5.57 Å². The number of unbranched alkanes of at least 4 members (excludes halogenated alkanes) is 1. The predicted molar refractivity (Wildman–Crippen MR) is 164 cm³/mol. The maximum atomic E-state index is 14.4. The Kier molecular flexibility index (Phi) is 11.5. The van der Waals surface area contributed by atoms with Crippen LogP contribution in [0.3, 0.4) is 0 Å². The number of sulfonamides is 1. The molecule has 2 aromatic rings. The Bertz CT molecular complexity index is 1760. The zero-order valence-electron chi connectivity index (χ0n) is 26.4. The number of carbonyl (C=O) groups is 1. The highest BCUT2D eigenvalue weighted by atomic mass is 32.2. The molecule has 3 unspecified atom stereocenters. The number of esters is 1. The molecule has 50 heavy (non-hydrogen) atoms. The van der Waals surface area contributed by atoms with Gasteiger partial charge in [0.25, 0.3) is 0 Å². The lowest BCUT2D eigenvalue weighted by Crippen LogP contribution is -2.49. The highest BCUT2D eigenvalue weighted by molar-refractivity contribution is 7.94. The second kappa shape index (κ2) is 15.5. The van der Waals surface area contributed by atoms with Gasteiger partial charge in [-0.1, -0.05) is 55.5 Å². The Morgan fingerprint density at radius 1 is 1.02 bits per heavy atom. The molecule has 0 amide bonds. The van der Waals surface area contributed by atoms with Gasteiger partial charge in [-0.3, -0.25) is 20.8 Å². The van der Waals surface area contributed by atoms with Gasteiger partial charge in [-0.2, -0.15) is 13.2 Å². The maximum absolute atomic E-state index is 14.4. The summed E-state index contributed by atoms with van der Waals surface area (Å²) in [7, 11) is -4.76. The molecule has 15 nitrogen and oxygen atoms in total. The predicted octanol–water partition coefficient (Wildman–Crippen LogP) is 4.77. The van der Waals surface area contributed by atoms with E-state index in [-0.39, 0.29) is 49.5 Å². The Morgan fingerprint density at radius 2 is 1.74 bits per heavy atom. The zero-order valence-corrected chi connectivity index (χ0v) is 27.2. The fourth-order valence-corrected chi connectivity index (χ4v) is 7.99. The number of ether oxygens (including phenoxy) is 3. The van der Waals surface area contributed by atoms with Gasteiger partial charge in [-0.15, -0.1) is 0 Å². The number of benzene rings is 2. The number of rotatable bonds is 14. The van der Waals surface area contributed by atoms with Crippen molar-refractivity contribution in [2.75, 3.05) is 24.3 Å². The van der Waals surface area contributed by atoms with Crippen molar-refractivity contribution < 1.29 is 71.1 Å². The third-order valence-corrected chi connectivity index (χ3v) is 10.2. The van der Waals surface area contributed by atoms with Gasteiger partial charge < -0.3 is 14.2 Å². The molecule has 0 radical (unpaired) electrons. The molecule has 0 bridgehead atoms. The van der Waals surface area contributed by atoms with Crippen LogP contribution >= 0.6 is 0 Å². The molecule has 0 spiro atoms. The summed E-state index contributed by atoms with van der Waals surface area (Å²) in [6, 6.07) is 7.33. The van der Waals surface area contributed by atoms with E-state index in [1.165, 1.54) is 18.2 Å². The number of alkyl halides is 3. The smallest absolute Gasteiger partial charge is 0.418 e. The fraction of sp³-hybridized carbons (Fsp3) is 0.387. The molecule has 2 heterocycles. The molecular weight excluding hydrogens is 695 g/mol. The summed E-state index contributed by atoms with van der Waals surface area (Å²) in [5.41, 5.74) is -1.72. The minimum atomic E-state index is -5.01. The molecule has 1 aliphatic carbocycles. The lowest BCUT2D eigenvalue weighted by atomic mass is 9.84. The summed E-state index contributed by atoms with van der Waals surface area (Å²) in [4.78, 5) is 23.3. The number of allylic oxidation sites excluding steroid dienone is 4. The van der Waals surface area contributed by atoms with Gasteiger partial charge in [0.05, 0.1) is 28.6 Å². The number of para-hydroxylation sites is 1. The molecule has 3 aliphatic rings. The molecular formula is C31H34F3N3O12S. The van der Waals surface area contributed by atoms with Crippen molar-refractivity contribution in [2.45, 2.75) is 50.1 Å². The van der Waals surface area contributed by atoms with Crippen molar-refractivity contribution in [3.63, 3.8) is 0 Å². The lowest BCUT2D eigenvalue weighted by Gasteiger charge is -2.41. The first-order chi connectivity index (χ1) is 23.8. The van der Waals surface area contributed by atoms with Crippen LogP contribution in [0, 0.1) is 5.92 Å². The molecule has 0 saturated heterocycles. The SMILES string of the molecule is CCc1ccc(C2=C(C(=O)OCCCCC(CON(O)O)ON(O)O)N(c3ccccc3C(F)(F)F)S(=O)(=O)C3C=CC=CC23)c2c1OCO2. The molecule has 4 N–H and O–H groups in total. The van der Waals surface area contributed by atoms with Crippen molar-refractivity contribution in [3.8, 4) is 11.5 Å². The van der Waals surface area contributed by atoms with Crippen LogP contribution in [-0.4, -0.2) is 77.4 Å². The normalized spacial score (nSPS) is 20.1. The van der Waals surface area contributed by atoms with Gasteiger partial charge in [0.15, 0.2) is 11.5 Å². The Labute approximate surface area is 284 Å². The van der Waals surface area contributed by atoms with Crippen LogP contribution in [0.4, 0.5) is 18.9 Å². The highest BCUT2D eigenvalue weighted by Gasteiger charge is 2.51. The third kappa shape index (κ3) is 7.80. The van der Waals surface area contributed by atoms with E-state index in [4.69, 9.17) is 35.0 Å². The number of fused-ring (bicyclic) bond motifs is 2. The van der Waals surface area contributed by atoms with Crippen molar-refractivity contribution in [1.29, 1.82) is 0 Å². The van der Waals surface area contributed by atoms with Gasteiger partial charge >= 0.3 is 12.1 Å². The van der Waals surface area contributed by atoms with E-state index in [0.29, 0.717) is 16.5 Å². The number of halogens is 3. The number of aryl methyl sites for hydroxylation is 1. The summed E-state index contributed by atoms with van der Waals surface area (Å²) < 4.78 is 89.5. The van der Waals surface area contributed by atoms with E-state index in [0.717, 1.165) is 23.8 Å². The minimum Gasteiger partial charge on any atom is -0.461 e. The van der Waals surface area contributed by atoms with Crippen LogP contribution < -0.4 is 13.8 Å². The van der Waals surface area contributed by atoms with Crippen molar-refractivity contribution in [3.05, 3.63) is 83.1 Å². The molecule has 2 aromatic carbocycles. The number of anilines is 1. The van der Waals surface area contributed by atoms with E-state index in [2.05, 4.69) is 9.68 Å². The maximum Gasteiger partial charge on any atom is 0.418 e. The van der Waals surface area contributed by atoms with E-state index < -0.39 is 73.8 Å². The molecule has 3 atom stereocenters. The van der Waals surface area contributed by atoms with Crippen LogP contribution in [0.1, 0.15) is 42.9 Å². The van der Waals surface area contributed by atoms with Crippen LogP contribution in [0.5, 0.6) is 11.5 Å². The van der Waals surface area contributed by atoms with Crippen molar-refractivity contribution >= 4 is 27.3 Å². The number of carbonyl (C=O) groups excluding carboxylic acids is 1. The van der Waals surface area contributed by atoms with Gasteiger partial charge in [0, 0.05) is 17.1 Å². The molecule has 19 heteroatoms. The zero-order chi connectivity index (χ0) is 36.2. The molecule has 0 aromatic heterocycles. The molecule has 0 fully saturated rings. The standard InChI is InChI=1S/C31H34F3N3O12S/c1-2-19-14-15-22(29-28(19)46-18-47-29)26-21-10-3-6-13-25(21)50(43,44)35(24-12-5-4-11-23(24)31(32,33)34)27(26)30(38)45-16-8-7-9-20(49-37(41)42)17-48-36(39)40/h3-6,10-15,20-21,25,39-42H,2,7-9,16-18H2,1H3. The number of hydrogen-bond donors (Lipinski definition) is 4. The fourth-order valence-electron chi connectivity index (χ4n) is 6.00. The molecule has 272 valence electrons. The van der Waals surface area contributed by atoms with Crippen molar-refractivity contribution in [1.82, 2.24) is 10.8 Å². The van der Waals surface area contributed by atoms with Crippen LogP contribution in [0.15, 0.2) is 66.4 Å². The first kappa shape index (κ1) is 37.2. The van der Waals surface area contributed by atoms with Crippen molar-refractivity contribution in [2.24, 2.45) is 5.92 Å². The summed E-state index contributed by atoms with van der Waals surface area (Å²) >= 11 is 0. The Hall–Kier alpha value is -4.05. The average Bonchev–Trinajstić information content (AvgIpc) is 3.56. The summed E-state index contributed by atoms with van der Waals surface area (Å²) in [6.07, 6.45) is 0.580. The molecule has 2 aliphatic heterocycles. The van der Waals surface area contributed by atoms with Crippen LogP contribution in [0.2, 0.25) is 0 Å². The second-order valence-electron chi connectivity index (χ2n) is 11.2. The van der Waals surface area contributed by atoms with E-state index >= 15 is 0 Å². The van der Waals surface area contributed by atoms with Crippen LogP contribution in [-0.2, 0) is 41.8 Å². The number of hydrogen-bond acceptors (Lipinski definition) is 14. The average molecular weight is 730 g/mol. The monoisotopic (exact) mass is 729 g/mol. The quantitative estimate of drug-likeness (QED) is 0.118. The topological polar surface area (TPSA) is 188 Å². The Balaban J connectivity index is 1.59. The van der Waals surface area contributed by atoms with Gasteiger partial charge in [0.1, 0.15) is 23.7 Å². The second-order valence-corrected chi connectivity index (χ2v) is 13.1. The van der Waals surface area contributed by atoms with Gasteiger partial charge in [0.2, 0.25) is 16.8 Å². The first-order valence-corrected chi connectivity index (χ1v) is 16.8. The van der Waals surface area contributed by atoms with E-state index in [1.54, 1.807) is 24.3 Å². The number of nitrogens with zero attached hydrogens (tertiary/aromatic N) is 3. The molecule has 5 rings (SSSR count). The first-order valence-electron chi connectivity index (χ1n) is 15.3. The van der Waals surface area contributed by atoms with Gasteiger partial charge in [-0.05, 0) is 43.4 Å². The summed E-state index contributed by atoms with van der Waals surface area (Å²) in [5.74, 6) is -1.71. The lowest BCUT2D eigenvalue weighted by molar-refractivity contribution is -0.527. The summed E-state index contributed by atoms with van der Waals surface area (Å²) in [5, 5.41) is 32.9. The summed E-state index contributed by atoms with van der Waals surface area (Å²) in [6.45, 7) is 0.807. The highest BCUT2D eigenvalue weighted by Crippen LogP contribution is 2.52. The Morgan fingerprint density at radius 3 is 2.44 bits per heavy atom. The largest absolute Gasteiger partial charge is 0.461 e. The minimum absolute atomic E-state index is 0.00452. The molecule has 0 saturated carbocycles. The third-order valence-electron chi connectivity index (χ3n) is 8.14.